The molecule has 0 aromatic carbocycles. The minimum atomic E-state index is 0.525. The predicted octanol–water partition coefficient (Wildman–Crippen LogP) is 4.00. The monoisotopic (exact) mass is 295 g/mol. The van der Waals surface area contributed by atoms with Gasteiger partial charge in [0, 0.05) is 30.6 Å². The summed E-state index contributed by atoms with van der Waals surface area (Å²) in [6, 6.07) is 0.525. The highest BCUT2D eigenvalue weighted by molar-refractivity contribution is 7.15. The van der Waals surface area contributed by atoms with Crippen LogP contribution in [0.2, 0.25) is 0 Å². The van der Waals surface area contributed by atoms with Gasteiger partial charge in [-0.1, -0.05) is 34.6 Å². The molecule has 1 fully saturated rings. The molecule has 114 valence electrons. The van der Waals surface area contributed by atoms with Gasteiger partial charge >= 0.3 is 0 Å². The lowest BCUT2D eigenvalue weighted by Gasteiger charge is -2.13. The average molecular weight is 295 g/mol. The summed E-state index contributed by atoms with van der Waals surface area (Å²) in [7, 11) is 0. The maximum absolute atomic E-state index is 4.98. The molecular weight excluding hydrogens is 266 g/mol. The highest BCUT2D eigenvalue weighted by atomic mass is 32.1. The summed E-state index contributed by atoms with van der Waals surface area (Å²) in [5, 5.41) is 4.79. The first-order chi connectivity index (χ1) is 9.51. The van der Waals surface area contributed by atoms with Crippen LogP contribution in [0.3, 0.4) is 0 Å². The highest BCUT2D eigenvalue weighted by Gasteiger charge is 2.24. The first kappa shape index (κ1) is 15.8. The molecule has 0 aliphatic carbocycles. The number of nitrogens with one attached hydrogen (secondary N) is 1. The van der Waals surface area contributed by atoms with Crippen molar-refractivity contribution in [2.24, 2.45) is 5.92 Å². The molecule has 0 bridgehead atoms. The molecule has 0 spiro atoms. The van der Waals surface area contributed by atoms with Gasteiger partial charge in [-0.15, -0.1) is 11.3 Å². The van der Waals surface area contributed by atoms with Crippen LogP contribution < -0.4 is 10.2 Å². The molecule has 1 aliphatic heterocycles. The van der Waals surface area contributed by atoms with E-state index < -0.39 is 0 Å². The van der Waals surface area contributed by atoms with Crippen LogP contribution in [-0.2, 0) is 6.54 Å². The maximum atomic E-state index is 4.98. The van der Waals surface area contributed by atoms with Crippen LogP contribution in [0.4, 0.5) is 5.13 Å². The van der Waals surface area contributed by atoms with E-state index >= 15 is 0 Å². The number of hydrogen-bond donors (Lipinski definition) is 1. The quantitative estimate of drug-likeness (QED) is 0.860. The van der Waals surface area contributed by atoms with E-state index in [1.54, 1.807) is 0 Å². The van der Waals surface area contributed by atoms with E-state index in [0.29, 0.717) is 12.0 Å². The van der Waals surface area contributed by atoms with E-state index in [2.05, 4.69) is 44.8 Å². The van der Waals surface area contributed by atoms with Gasteiger partial charge in [0.1, 0.15) is 0 Å². The van der Waals surface area contributed by atoms with Gasteiger partial charge in [-0.05, 0) is 24.7 Å². The zero-order chi connectivity index (χ0) is 14.7. The Bertz CT molecular complexity index is 427. The third kappa shape index (κ3) is 3.73. The lowest BCUT2D eigenvalue weighted by atomic mass is 10.0. The summed E-state index contributed by atoms with van der Waals surface area (Å²) in [5.41, 5.74) is 1.32. The zero-order valence-electron chi connectivity index (χ0n) is 13.6. The van der Waals surface area contributed by atoms with Gasteiger partial charge in [0.2, 0.25) is 0 Å². The summed E-state index contributed by atoms with van der Waals surface area (Å²) < 4.78 is 0. The lowest BCUT2D eigenvalue weighted by molar-refractivity contribution is 0.584. The van der Waals surface area contributed by atoms with Crippen molar-refractivity contribution in [1.29, 1.82) is 0 Å². The summed E-state index contributed by atoms with van der Waals surface area (Å²) in [5.74, 6) is 1.37. The summed E-state index contributed by atoms with van der Waals surface area (Å²) in [6.45, 7) is 14.6. The van der Waals surface area contributed by atoms with Crippen LogP contribution in [0.15, 0.2) is 0 Å². The van der Waals surface area contributed by atoms with Crippen molar-refractivity contribution in [3.8, 4) is 0 Å². The Hall–Kier alpha value is -0.610. The lowest BCUT2D eigenvalue weighted by Crippen LogP contribution is -2.22. The molecule has 1 aromatic heterocycles. The Labute approximate surface area is 127 Å². The summed E-state index contributed by atoms with van der Waals surface area (Å²) in [6.07, 6.45) is 2.46. The molecule has 1 N–H and O–H groups in total. The van der Waals surface area contributed by atoms with Crippen LogP contribution in [0, 0.1) is 5.92 Å². The Kier molecular flexibility index (Phi) is 5.44. The first-order valence-electron chi connectivity index (χ1n) is 7.99. The predicted molar refractivity (Wildman–Crippen MR) is 88.8 cm³/mol. The van der Waals surface area contributed by atoms with Gasteiger partial charge in [-0.3, -0.25) is 0 Å². The average Bonchev–Trinajstić information content (AvgIpc) is 3.01. The number of nitrogens with zero attached hydrogens (tertiary/aromatic N) is 2. The minimum absolute atomic E-state index is 0.525. The second-order valence-corrected chi connectivity index (χ2v) is 7.55. The number of thiazole rings is 1. The van der Waals surface area contributed by atoms with Crippen LogP contribution in [0.5, 0.6) is 0 Å². The standard InChI is InChI=1S/C16H29N3S/c1-6-13(5)15-14(9-17-11(2)3)20-16(18-15)19-8-7-12(4)10-19/h11-13,17H,6-10H2,1-5H3. The molecule has 0 radical (unpaired) electrons. The van der Waals surface area contributed by atoms with Crippen molar-refractivity contribution in [2.75, 3.05) is 18.0 Å². The van der Waals surface area contributed by atoms with Crippen molar-refractivity contribution < 1.29 is 0 Å². The molecule has 4 heteroatoms. The molecule has 1 aliphatic rings. The van der Waals surface area contributed by atoms with Crippen LogP contribution in [0.1, 0.15) is 63.9 Å². The number of rotatable bonds is 6. The fraction of sp³-hybridized carbons (Fsp3) is 0.812. The first-order valence-corrected chi connectivity index (χ1v) is 8.80. The van der Waals surface area contributed by atoms with E-state index in [4.69, 9.17) is 4.98 Å². The minimum Gasteiger partial charge on any atom is -0.348 e. The Morgan fingerprint density at radius 3 is 2.70 bits per heavy atom. The SMILES string of the molecule is CCC(C)c1nc(N2CCC(C)C2)sc1CNC(C)C. The topological polar surface area (TPSA) is 28.2 Å². The molecule has 0 saturated carbocycles. The molecule has 0 amide bonds. The van der Waals surface area contributed by atoms with Gasteiger partial charge in [-0.2, -0.15) is 0 Å². The number of hydrogen-bond acceptors (Lipinski definition) is 4. The third-order valence-corrected chi connectivity index (χ3v) is 5.29. The number of anilines is 1. The van der Waals surface area contributed by atoms with E-state index in [1.165, 1.54) is 35.2 Å². The van der Waals surface area contributed by atoms with E-state index in [0.717, 1.165) is 18.9 Å². The fourth-order valence-corrected chi connectivity index (χ4v) is 3.76. The van der Waals surface area contributed by atoms with Crippen molar-refractivity contribution in [1.82, 2.24) is 10.3 Å². The molecule has 2 rings (SSSR count). The third-order valence-electron chi connectivity index (χ3n) is 4.16. The Morgan fingerprint density at radius 2 is 2.15 bits per heavy atom. The molecule has 20 heavy (non-hydrogen) atoms. The second kappa shape index (κ2) is 6.90. The van der Waals surface area contributed by atoms with Crippen LogP contribution in [-0.4, -0.2) is 24.1 Å². The zero-order valence-corrected chi connectivity index (χ0v) is 14.4. The molecular formula is C16H29N3S. The molecule has 2 heterocycles. The highest BCUT2D eigenvalue weighted by Crippen LogP contribution is 2.34. The Morgan fingerprint density at radius 1 is 1.40 bits per heavy atom. The summed E-state index contributed by atoms with van der Waals surface area (Å²) in [4.78, 5) is 8.89. The van der Waals surface area contributed by atoms with Crippen molar-refractivity contribution >= 4 is 16.5 Å². The van der Waals surface area contributed by atoms with Gasteiger partial charge in [0.25, 0.3) is 0 Å². The van der Waals surface area contributed by atoms with Gasteiger partial charge in [-0.25, -0.2) is 4.98 Å². The van der Waals surface area contributed by atoms with Crippen molar-refractivity contribution in [3.63, 3.8) is 0 Å². The normalized spacial score (nSPS) is 20.9. The van der Waals surface area contributed by atoms with Crippen molar-refractivity contribution in [3.05, 3.63) is 10.6 Å². The molecule has 1 aromatic rings. The number of aromatic nitrogens is 1. The van der Waals surface area contributed by atoms with Crippen molar-refractivity contribution in [2.45, 2.75) is 66.0 Å². The second-order valence-electron chi connectivity index (χ2n) is 6.49. The van der Waals surface area contributed by atoms with Crippen LogP contribution >= 0.6 is 11.3 Å². The largest absolute Gasteiger partial charge is 0.348 e. The Balaban J connectivity index is 2.17. The van der Waals surface area contributed by atoms with Gasteiger partial charge < -0.3 is 10.2 Å². The van der Waals surface area contributed by atoms with E-state index in [1.807, 2.05) is 11.3 Å². The molecule has 1 saturated heterocycles. The molecule has 2 atom stereocenters. The smallest absolute Gasteiger partial charge is 0.185 e. The van der Waals surface area contributed by atoms with E-state index in [9.17, 15) is 0 Å². The van der Waals surface area contributed by atoms with E-state index in [-0.39, 0.29) is 0 Å². The van der Waals surface area contributed by atoms with Gasteiger partial charge in [0.05, 0.1) is 5.69 Å². The summed E-state index contributed by atoms with van der Waals surface area (Å²) >= 11 is 1.90. The fourth-order valence-electron chi connectivity index (χ4n) is 2.60. The molecule has 3 nitrogen and oxygen atoms in total. The molecule has 2 unspecified atom stereocenters. The maximum Gasteiger partial charge on any atom is 0.185 e. The van der Waals surface area contributed by atoms with Gasteiger partial charge in [0.15, 0.2) is 5.13 Å². The van der Waals surface area contributed by atoms with Crippen LogP contribution in [0.25, 0.3) is 0 Å².